The van der Waals surface area contributed by atoms with Crippen molar-refractivity contribution in [3.05, 3.63) is 47.0 Å². The highest BCUT2D eigenvalue weighted by molar-refractivity contribution is 5.38. The number of rotatable bonds is 0. The van der Waals surface area contributed by atoms with Crippen molar-refractivity contribution in [1.82, 2.24) is 0 Å². The summed E-state index contributed by atoms with van der Waals surface area (Å²) < 4.78 is 0. The van der Waals surface area contributed by atoms with E-state index in [4.69, 9.17) is 0 Å². The van der Waals surface area contributed by atoms with Crippen LogP contribution in [0.3, 0.4) is 0 Å². The first-order valence-electron chi connectivity index (χ1n) is 6.33. The second-order valence-corrected chi connectivity index (χ2v) is 5.13. The van der Waals surface area contributed by atoms with Gasteiger partial charge in [-0.05, 0) is 29.4 Å². The van der Waals surface area contributed by atoms with Gasteiger partial charge >= 0.3 is 0 Å². The average Bonchev–Trinajstić information content (AvgIpc) is 2.30. The van der Waals surface area contributed by atoms with Gasteiger partial charge in [0.2, 0.25) is 0 Å². The van der Waals surface area contributed by atoms with Gasteiger partial charge in [-0.15, -0.1) is 0 Å². The molecule has 0 spiro atoms. The molecule has 0 amide bonds. The molecule has 0 saturated heterocycles. The van der Waals surface area contributed by atoms with E-state index in [-0.39, 0.29) is 7.43 Å². The van der Waals surface area contributed by atoms with Crippen molar-refractivity contribution in [2.45, 2.75) is 54.9 Å². The lowest BCUT2D eigenvalue weighted by atomic mass is 9.78. The Morgan fingerprint density at radius 3 is 2.00 bits per heavy atom. The molecular formula is C17H28. The highest BCUT2D eigenvalue weighted by atomic mass is 14.3. The van der Waals surface area contributed by atoms with Crippen LogP contribution < -0.4 is 0 Å². The fourth-order valence-corrected chi connectivity index (χ4v) is 2.01. The van der Waals surface area contributed by atoms with Crippen LogP contribution in [0.1, 0.15) is 53.2 Å². The number of hydrogen-bond donors (Lipinski definition) is 0. The third-order valence-electron chi connectivity index (χ3n) is 3.03. The summed E-state index contributed by atoms with van der Waals surface area (Å²) in [5.74, 6) is 0. The van der Waals surface area contributed by atoms with E-state index < -0.39 is 0 Å². The Morgan fingerprint density at radius 2 is 1.47 bits per heavy atom. The smallest absolute Gasteiger partial charge is 0.00589 e. The van der Waals surface area contributed by atoms with Gasteiger partial charge in [0.25, 0.3) is 0 Å². The second kappa shape index (κ2) is 6.64. The largest absolute Gasteiger partial charge is 0.0801 e. The third-order valence-corrected chi connectivity index (χ3v) is 3.03. The Kier molecular flexibility index (Phi) is 6.23. The zero-order valence-corrected chi connectivity index (χ0v) is 11.3. The van der Waals surface area contributed by atoms with E-state index in [0.29, 0.717) is 5.41 Å². The van der Waals surface area contributed by atoms with Crippen molar-refractivity contribution in [1.29, 1.82) is 0 Å². The van der Waals surface area contributed by atoms with Gasteiger partial charge in [-0.1, -0.05) is 78.0 Å². The van der Waals surface area contributed by atoms with Crippen LogP contribution in [-0.2, 0) is 12.8 Å². The van der Waals surface area contributed by atoms with E-state index in [2.05, 4.69) is 51.1 Å². The zero-order chi connectivity index (χ0) is 12.2. The minimum absolute atomic E-state index is 0. The van der Waals surface area contributed by atoms with Gasteiger partial charge in [-0.2, -0.15) is 0 Å². The number of hydrogen-bond acceptors (Lipinski definition) is 0. The molecule has 0 aliphatic heterocycles. The van der Waals surface area contributed by atoms with Crippen molar-refractivity contribution in [3.63, 3.8) is 0 Å². The van der Waals surface area contributed by atoms with Gasteiger partial charge in [0, 0.05) is 0 Å². The van der Waals surface area contributed by atoms with E-state index in [1.54, 1.807) is 5.57 Å². The highest BCUT2D eigenvalue weighted by Crippen LogP contribution is 2.32. The molecule has 1 aromatic carbocycles. The average molecular weight is 232 g/mol. The number of benzene rings is 1. The fraction of sp³-hybridized carbons (Fsp3) is 0.529. The monoisotopic (exact) mass is 232 g/mol. The van der Waals surface area contributed by atoms with Gasteiger partial charge in [-0.3, -0.25) is 0 Å². The lowest BCUT2D eigenvalue weighted by molar-refractivity contribution is 0.486. The van der Waals surface area contributed by atoms with Gasteiger partial charge in [-0.25, -0.2) is 0 Å². The third kappa shape index (κ3) is 4.03. The van der Waals surface area contributed by atoms with Gasteiger partial charge in [0.1, 0.15) is 0 Å². The summed E-state index contributed by atoms with van der Waals surface area (Å²) in [6, 6.07) is 8.78. The predicted octanol–water partition coefficient (Wildman–Crippen LogP) is 5.42. The van der Waals surface area contributed by atoms with Crippen molar-refractivity contribution in [2.75, 3.05) is 0 Å². The quantitative estimate of drug-likeness (QED) is 0.524. The lowest BCUT2D eigenvalue weighted by Gasteiger charge is -2.27. The minimum Gasteiger partial charge on any atom is -0.0801 e. The van der Waals surface area contributed by atoms with Crippen LogP contribution in [0.4, 0.5) is 0 Å². The molecule has 1 aliphatic rings. The maximum atomic E-state index is 2.41. The van der Waals surface area contributed by atoms with E-state index >= 15 is 0 Å². The van der Waals surface area contributed by atoms with Crippen LogP contribution in [0.25, 0.3) is 0 Å². The summed E-state index contributed by atoms with van der Waals surface area (Å²) in [6.45, 7) is 10.9. The molecule has 1 aromatic rings. The van der Waals surface area contributed by atoms with Crippen LogP contribution in [-0.4, -0.2) is 0 Å². The molecule has 0 fully saturated rings. The molecule has 0 radical (unpaired) electrons. The molecule has 2 rings (SSSR count). The Balaban J connectivity index is 0.000000811. The first-order chi connectivity index (χ1) is 7.57. The molecule has 0 atom stereocenters. The predicted molar refractivity (Wildman–Crippen MR) is 79.5 cm³/mol. The van der Waals surface area contributed by atoms with Gasteiger partial charge in [0.15, 0.2) is 0 Å². The molecule has 0 heterocycles. The molecule has 0 N–H and O–H groups in total. The summed E-state index contributed by atoms with van der Waals surface area (Å²) in [5, 5.41) is 0. The molecule has 0 saturated carbocycles. The molecule has 0 unspecified atom stereocenters. The summed E-state index contributed by atoms with van der Waals surface area (Å²) in [4.78, 5) is 0. The fourth-order valence-electron chi connectivity index (χ4n) is 2.01. The van der Waals surface area contributed by atoms with Crippen molar-refractivity contribution in [3.8, 4) is 0 Å². The molecule has 17 heavy (non-hydrogen) atoms. The standard InChI is InChI=1S/C14H18.C2H6.CH4/c1-14(2,3)13-9-8-11-6-4-5-7-12(11)10-13;1-2;/h4-7,9H,8,10H2,1-3H3;1-2H3;1H4. The van der Waals surface area contributed by atoms with E-state index in [1.807, 2.05) is 13.8 Å². The molecular weight excluding hydrogens is 204 g/mol. The van der Waals surface area contributed by atoms with Crippen LogP contribution in [0.2, 0.25) is 0 Å². The van der Waals surface area contributed by atoms with Crippen LogP contribution in [0.5, 0.6) is 0 Å². The summed E-state index contributed by atoms with van der Waals surface area (Å²) in [6.07, 6.45) is 4.66. The van der Waals surface area contributed by atoms with Crippen LogP contribution in [0, 0.1) is 5.41 Å². The summed E-state index contributed by atoms with van der Waals surface area (Å²) >= 11 is 0. The molecule has 0 aromatic heterocycles. The van der Waals surface area contributed by atoms with E-state index in [9.17, 15) is 0 Å². The van der Waals surface area contributed by atoms with Gasteiger partial charge in [0.05, 0.1) is 0 Å². The molecule has 0 heteroatoms. The molecule has 1 aliphatic carbocycles. The normalized spacial score (nSPS) is 13.6. The Bertz CT molecular complexity index is 364. The highest BCUT2D eigenvalue weighted by Gasteiger charge is 2.20. The molecule has 0 bridgehead atoms. The topological polar surface area (TPSA) is 0 Å². The summed E-state index contributed by atoms with van der Waals surface area (Å²) in [7, 11) is 0. The van der Waals surface area contributed by atoms with Crippen molar-refractivity contribution >= 4 is 0 Å². The Labute approximate surface area is 108 Å². The van der Waals surface area contributed by atoms with Crippen molar-refractivity contribution < 1.29 is 0 Å². The van der Waals surface area contributed by atoms with Crippen LogP contribution in [0.15, 0.2) is 35.9 Å². The lowest BCUT2D eigenvalue weighted by Crippen LogP contribution is -2.15. The Hall–Kier alpha value is -1.04. The van der Waals surface area contributed by atoms with Gasteiger partial charge < -0.3 is 0 Å². The SMILES string of the molecule is C.CC.CC(C)(C)C1=CCc2ccccc2C1. The van der Waals surface area contributed by atoms with Crippen molar-refractivity contribution in [2.24, 2.45) is 5.41 Å². The maximum Gasteiger partial charge on any atom is -0.00589 e. The van der Waals surface area contributed by atoms with Crippen LogP contribution >= 0.6 is 0 Å². The van der Waals surface area contributed by atoms with E-state index in [0.717, 1.165) is 12.8 Å². The Morgan fingerprint density at radius 1 is 0.941 bits per heavy atom. The number of allylic oxidation sites excluding steroid dienone is 2. The second-order valence-electron chi connectivity index (χ2n) is 5.13. The molecule has 0 nitrogen and oxygen atoms in total. The molecule has 96 valence electrons. The maximum absolute atomic E-state index is 2.41. The first kappa shape index (κ1) is 16.0. The number of fused-ring (bicyclic) bond motifs is 1. The minimum atomic E-state index is 0. The summed E-state index contributed by atoms with van der Waals surface area (Å²) in [5.41, 5.74) is 4.92. The van der Waals surface area contributed by atoms with E-state index in [1.165, 1.54) is 11.1 Å². The zero-order valence-electron chi connectivity index (χ0n) is 11.3. The first-order valence-corrected chi connectivity index (χ1v) is 6.33.